The van der Waals surface area contributed by atoms with Crippen molar-refractivity contribution in [3.63, 3.8) is 0 Å². The zero-order valence-electron chi connectivity index (χ0n) is 11.5. The van der Waals surface area contributed by atoms with Crippen LogP contribution in [0.25, 0.3) is 0 Å². The third kappa shape index (κ3) is 3.17. The Hall–Kier alpha value is -2.31. The Morgan fingerprint density at radius 1 is 1.50 bits per heavy atom. The van der Waals surface area contributed by atoms with Gasteiger partial charge >= 0.3 is 6.03 Å². The number of piperazine rings is 1. The van der Waals surface area contributed by atoms with E-state index in [9.17, 15) is 14.4 Å². The molecule has 0 saturated carbocycles. The summed E-state index contributed by atoms with van der Waals surface area (Å²) in [7, 11) is 0. The molecule has 2 heterocycles. The molecule has 0 aromatic carbocycles. The lowest BCUT2D eigenvalue weighted by atomic mass is 10.1. The van der Waals surface area contributed by atoms with E-state index in [4.69, 9.17) is 0 Å². The van der Waals surface area contributed by atoms with E-state index in [1.165, 1.54) is 17.2 Å². The summed E-state index contributed by atoms with van der Waals surface area (Å²) < 4.78 is 0. The number of aromatic nitrogens is 1. The quantitative estimate of drug-likeness (QED) is 0.709. The summed E-state index contributed by atoms with van der Waals surface area (Å²) in [4.78, 5) is 38.8. The molecule has 3 N–H and O–H groups in total. The second-order valence-corrected chi connectivity index (χ2v) is 4.94. The normalized spacial score (nSPS) is 20.2. The number of H-pyrrole nitrogens is 1. The van der Waals surface area contributed by atoms with Crippen LogP contribution in [0.5, 0.6) is 0 Å². The van der Waals surface area contributed by atoms with Gasteiger partial charge in [0.05, 0.1) is 6.04 Å². The van der Waals surface area contributed by atoms with Crippen LogP contribution in [0.2, 0.25) is 0 Å². The number of nitrogens with zero attached hydrogens (tertiary/aromatic N) is 1. The van der Waals surface area contributed by atoms with Crippen LogP contribution in [-0.4, -0.2) is 41.0 Å². The van der Waals surface area contributed by atoms with Crippen LogP contribution in [0.4, 0.5) is 4.79 Å². The standard InChI is InChI=1S/C13H18N4O3/c1-8-6-15-12(19)7-17(8)13(20)16-9(2)10-3-4-14-11(18)5-10/h3-5,8-9H,6-7H2,1-2H3,(H,14,18)(H,15,19)(H,16,20). The topological polar surface area (TPSA) is 94.3 Å². The molecule has 7 nitrogen and oxygen atoms in total. The number of rotatable bonds is 2. The van der Waals surface area contributed by atoms with Gasteiger partial charge in [0, 0.05) is 24.8 Å². The number of hydrogen-bond donors (Lipinski definition) is 3. The summed E-state index contributed by atoms with van der Waals surface area (Å²) in [5.74, 6) is -0.165. The van der Waals surface area contributed by atoms with E-state index in [0.717, 1.165) is 5.56 Å². The monoisotopic (exact) mass is 278 g/mol. The maximum absolute atomic E-state index is 12.2. The first-order valence-electron chi connectivity index (χ1n) is 6.50. The minimum absolute atomic E-state index is 0.0507. The summed E-state index contributed by atoms with van der Waals surface area (Å²) >= 11 is 0. The molecule has 1 aromatic heterocycles. The van der Waals surface area contributed by atoms with Gasteiger partial charge < -0.3 is 20.5 Å². The maximum Gasteiger partial charge on any atom is 0.318 e. The first kappa shape index (κ1) is 14.1. The molecule has 0 bridgehead atoms. The fourth-order valence-electron chi connectivity index (χ4n) is 2.09. The number of carbonyl (C=O) groups excluding carboxylic acids is 2. The SMILES string of the molecule is CC(NC(=O)N1CC(=O)NCC1C)c1cc[nH]c(=O)c1. The van der Waals surface area contributed by atoms with Gasteiger partial charge in [0.15, 0.2) is 0 Å². The number of urea groups is 1. The van der Waals surface area contributed by atoms with Crippen molar-refractivity contribution in [1.82, 2.24) is 20.5 Å². The number of nitrogens with one attached hydrogen (secondary N) is 3. The summed E-state index contributed by atoms with van der Waals surface area (Å²) in [6, 6.07) is 2.51. The molecule has 2 unspecified atom stereocenters. The predicted octanol–water partition coefficient (Wildman–Crippen LogP) is -0.0342. The third-order valence-electron chi connectivity index (χ3n) is 3.34. The van der Waals surface area contributed by atoms with E-state index in [2.05, 4.69) is 15.6 Å². The smallest absolute Gasteiger partial charge is 0.318 e. The maximum atomic E-state index is 12.2. The molecule has 0 spiro atoms. The van der Waals surface area contributed by atoms with Crippen LogP contribution in [0, 0.1) is 0 Å². The first-order chi connectivity index (χ1) is 9.47. The molecular formula is C13H18N4O3. The minimum Gasteiger partial charge on any atom is -0.353 e. The van der Waals surface area contributed by atoms with Crippen molar-refractivity contribution in [2.45, 2.75) is 25.9 Å². The fourth-order valence-corrected chi connectivity index (χ4v) is 2.09. The van der Waals surface area contributed by atoms with Crippen molar-refractivity contribution in [2.75, 3.05) is 13.1 Å². The van der Waals surface area contributed by atoms with Gasteiger partial charge in [0.2, 0.25) is 11.5 Å². The van der Waals surface area contributed by atoms with Crippen LogP contribution in [0.15, 0.2) is 23.1 Å². The van der Waals surface area contributed by atoms with E-state index in [0.29, 0.717) is 6.54 Å². The fraction of sp³-hybridized carbons (Fsp3) is 0.462. The Morgan fingerprint density at radius 3 is 2.95 bits per heavy atom. The van der Waals surface area contributed by atoms with Gasteiger partial charge in [-0.2, -0.15) is 0 Å². The molecule has 2 rings (SSSR count). The Labute approximate surface area is 116 Å². The van der Waals surface area contributed by atoms with Gasteiger partial charge in [0.25, 0.3) is 0 Å². The summed E-state index contributed by atoms with van der Waals surface area (Å²) in [5, 5.41) is 5.50. The summed E-state index contributed by atoms with van der Waals surface area (Å²) in [5.41, 5.74) is 0.505. The highest BCUT2D eigenvalue weighted by Crippen LogP contribution is 2.11. The Kier molecular flexibility index (Phi) is 4.07. The van der Waals surface area contributed by atoms with Crippen LogP contribution in [0.3, 0.4) is 0 Å². The third-order valence-corrected chi connectivity index (χ3v) is 3.34. The Balaban J connectivity index is 2.03. The number of carbonyl (C=O) groups is 2. The summed E-state index contributed by atoms with van der Waals surface area (Å²) in [6.45, 7) is 4.17. The minimum atomic E-state index is -0.305. The molecule has 108 valence electrons. The molecule has 1 aliphatic heterocycles. The van der Waals surface area contributed by atoms with Crippen LogP contribution < -0.4 is 16.2 Å². The zero-order chi connectivity index (χ0) is 14.7. The molecule has 1 saturated heterocycles. The van der Waals surface area contributed by atoms with Gasteiger partial charge in [-0.1, -0.05) is 0 Å². The number of aromatic amines is 1. The Morgan fingerprint density at radius 2 is 2.25 bits per heavy atom. The molecule has 20 heavy (non-hydrogen) atoms. The molecule has 7 heteroatoms. The molecule has 1 aromatic rings. The lowest BCUT2D eigenvalue weighted by Gasteiger charge is -2.34. The second-order valence-electron chi connectivity index (χ2n) is 4.94. The van der Waals surface area contributed by atoms with Crippen molar-refractivity contribution >= 4 is 11.9 Å². The average molecular weight is 278 g/mol. The van der Waals surface area contributed by atoms with Crippen molar-refractivity contribution < 1.29 is 9.59 Å². The van der Waals surface area contributed by atoms with E-state index in [1.807, 2.05) is 6.92 Å². The molecule has 3 amide bonds. The van der Waals surface area contributed by atoms with Gasteiger partial charge in [-0.05, 0) is 25.5 Å². The molecular weight excluding hydrogens is 260 g/mol. The van der Waals surface area contributed by atoms with E-state index < -0.39 is 0 Å². The van der Waals surface area contributed by atoms with Crippen molar-refractivity contribution in [3.8, 4) is 0 Å². The number of pyridine rings is 1. The van der Waals surface area contributed by atoms with E-state index in [-0.39, 0.29) is 36.1 Å². The lowest BCUT2D eigenvalue weighted by Crippen LogP contribution is -2.57. The molecule has 1 fully saturated rings. The van der Waals surface area contributed by atoms with E-state index in [1.54, 1.807) is 13.0 Å². The van der Waals surface area contributed by atoms with Gasteiger partial charge in [-0.15, -0.1) is 0 Å². The highest BCUT2D eigenvalue weighted by molar-refractivity contribution is 5.85. The average Bonchev–Trinajstić information content (AvgIpc) is 2.41. The van der Waals surface area contributed by atoms with Crippen molar-refractivity contribution in [3.05, 3.63) is 34.2 Å². The van der Waals surface area contributed by atoms with E-state index >= 15 is 0 Å². The number of hydrogen-bond acceptors (Lipinski definition) is 3. The second kappa shape index (κ2) is 5.77. The lowest BCUT2D eigenvalue weighted by molar-refractivity contribution is -0.124. The summed E-state index contributed by atoms with van der Waals surface area (Å²) in [6.07, 6.45) is 1.54. The highest BCUT2D eigenvalue weighted by atomic mass is 16.2. The van der Waals surface area contributed by atoms with Gasteiger partial charge in [-0.25, -0.2) is 4.79 Å². The molecule has 0 aliphatic carbocycles. The highest BCUT2D eigenvalue weighted by Gasteiger charge is 2.28. The predicted molar refractivity (Wildman–Crippen MR) is 73.2 cm³/mol. The molecule has 0 radical (unpaired) electrons. The van der Waals surface area contributed by atoms with Crippen molar-refractivity contribution in [1.29, 1.82) is 0 Å². The molecule has 1 aliphatic rings. The first-order valence-corrected chi connectivity index (χ1v) is 6.50. The Bertz CT molecular complexity index is 569. The molecule has 2 atom stereocenters. The largest absolute Gasteiger partial charge is 0.353 e. The van der Waals surface area contributed by atoms with Crippen LogP contribution >= 0.6 is 0 Å². The van der Waals surface area contributed by atoms with Gasteiger partial charge in [0.1, 0.15) is 6.54 Å². The zero-order valence-corrected chi connectivity index (χ0v) is 11.5. The van der Waals surface area contributed by atoms with Crippen molar-refractivity contribution in [2.24, 2.45) is 0 Å². The van der Waals surface area contributed by atoms with Crippen LogP contribution in [-0.2, 0) is 4.79 Å². The van der Waals surface area contributed by atoms with Gasteiger partial charge in [-0.3, -0.25) is 9.59 Å². The number of amides is 3. The van der Waals surface area contributed by atoms with Crippen LogP contribution in [0.1, 0.15) is 25.5 Å².